The van der Waals surface area contributed by atoms with Gasteiger partial charge in [0.1, 0.15) is 5.82 Å². The topological polar surface area (TPSA) is 57.0 Å². The van der Waals surface area contributed by atoms with E-state index < -0.39 is 5.97 Å². The Kier molecular flexibility index (Phi) is 4.04. The fourth-order valence-corrected chi connectivity index (χ4v) is 1.49. The lowest BCUT2D eigenvalue weighted by molar-refractivity contribution is 0.0501. The fraction of sp³-hybridized carbons (Fsp3) is 0.727. The van der Waals surface area contributed by atoms with Crippen molar-refractivity contribution < 1.29 is 9.53 Å². The van der Waals surface area contributed by atoms with Crippen LogP contribution in [0.2, 0.25) is 0 Å². The minimum absolute atomic E-state index is 0.175. The molecule has 0 fully saturated rings. The van der Waals surface area contributed by atoms with Crippen molar-refractivity contribution in [3.63, 3.8) is 0 Å². The summed E-state index contributed by atoms with van der Waals surface area (Å²) in [6, 6.07) is 0.175. The number of carbonyl (C=O) groups excluding carboxylic acids is 1. The molecule has 1 aromatic rings. The molecule has 1 aromatic heterocycles. The molecule has 16 heavy (non-hydrogen) atoms. The van der Waals surface area contributed by atoms with Crippen LogP contribution in [0.4, 0.5) is 0 Å². The first-order chi connectivity index (χ1) is 7.49. The van der Waals surface area contributed by atoms with E-state index in [1.165, 1.54) is 0 Å². The third kappa shape index (κ3) is 2.40. The van der Waals surface area contributed by atoms with Crippen molar-refractivity contribution in [1.29, 1.82) is 0 Å². The number of ether oxygens (including phenoxy) is 1. The summed E-state index contributed by atoms with van der Waals surface area (Å²) in [5, 5.41) is 7.81. The zero-order valence-electron chi connectivity index (χ0n) is 10.5. The van der Waals surface area contributed by atoms with E-state index in [0.29, 0.717) is 18.3 Å². The van der Waals surface area contributed by atoms with E-state index >= 15 is 0 Å². The molecule has 1 unspecified atom stereocenters. The van der Waals surface area contributed by atoms with Crippen LogP contribution < -0.4 is 0 Å². The summed E-state index contributed by atoms with van der Waals surface area (Å²) in [6.07, 6.45) is 0. The number of aryl methyl sites for hydroxylation is 1. The molecular weight excluding hydrogens is 206 g/mol. The second kappa shape index (κ2) is 5.09. The summed E-state index contributed by atoms with van der Waals surface area (Å²) >= 11 is 0. The van der Waals surface area contributed by atoms with Crippen LogP contribution >= 0.6 is 0 Å². The van der Waals surface area contributed by atoms with E-state index in [-0.39, 0.29) is 6.04 Å². The lowest BCUT2D eigenvalue weighted by Gasteiger charge is -2.19. The van der Waals surface area contributed by atoms with Crippen LogP contribution in [0.25, 0.3) is 0 Å². The second-order valence-corrected chi connectivity index (χ2v) is 4.15. The van der Waals surface area contributed by atoms with Crippen LogP contribution in [0.3, 0.4) is 0 Å². The van der Waals surface area contributed by atoms with Crippen LogP contribution in [-0.4, -0.2) is 27.3 Å². The molecule has 0 amide bonds. The van der Waals surface area contributed by atoms with Crippen molar-refractivity contribution in [3.05, 3.63) is 11.6 Å². The molecular formula is C11H19N3O2. The summed E-state index contributed by atoms with van der Waals surface area (Å²) in [5.74, 6) is 1.03. The monoisotopic (exact) mass is 225 g/mol. The number of carbonyl (C=O) groups is 1. The maximum atomic E-state index is 11.7. The number of hydrogen-bond acceptors (Lipinski definition) is 4. The highest BCUT2D eigenvalue weighted by Crippen LogP contribution is 2.20. The van der Waals surface area contributed by atoms with Crippen LogP contribution in [-0.2, 0) is 4.74 Å². The molecule has 90 valence electrons. The summed E-state index contributed by atoms with van der Waals surface area (Å²) in [5.41, 5.74) is 0. The first-order valence-electron chi connectivity index (χ1n) is 5.57. The quantitative estimate of drug-likeness (QED) is 0.735. The van der Waals surface area contributed by atoms with E-state index in [2.05, 4.69) is 24.0 Å². The predicted octanol–water partition coefficient (Wildman–Crippen LogP) is 1.98. The molecule has 0 radical (unpaired) electrons. The standard InChI is InChI=1S/C11H19N3O2/c1-6-16-11(15)10-13-12-9(5)14(10)8(4)7(2)3/h7-8H,6H2,1-5H3. The average molecular weight is 225 g/mol. The summed E-state index contributed by atoms with van der Waals surface area (Å²) < 4.78 is 6.79. The smallest absolute Gasteiger partial charge is 0.376 e. The number of rotatable bonds is 4. The lowest BCUT2D eigenvalue weighted by atomic mass is 10.1. The van der Waals surface area contributed by atoms with Gasteiger partial charge in [0.05, 0.1) is 6.61 Å². The zero-order chi connectivity index (χ0) is 12.3. The van der Waals surface area contributed by atoms with E-state index in [4.69, 9.17) is 4.74 Å². The first-order valence-corrected chi connectivity index (χ1v) is 5.57. The van der Waals surface area contributed by atoms with Crippen molar-refractivity contribution >= 4 is 5.97 Å². The van der Waals surface area contributed by atoms with E-state index in [1.54, 1.807) is 6.92 Å². The molecule has 0 aliphatic heterocycles. The van der Waals surface area contributed by atoms with Gasteiger partial charge in [-0.05, 0) is 26.7 Å². The van der Waals surface area contributed by atoms with Crippen molar-refractivity contribution in [2.45, 2.75) is 40.7 Å². The number of aromatic nitrogens is 3. The molecule has 0 aliphatic rings. The predicted molar refractivity (Wildman–Crippen MR) is 60.3 cm³/mol. The van der Waals surface area contributed by atoms with Gasteiger partial charge < -0.3 is 9.30 Å². The molecule has 5 heteroatoms. The average Bonchev–Trinajstić information content (AvgIpc) is 2.59. The van der Waals surface area contributed by atoms with Gasteiger partial charge in [-0.2, -0.15) is 0 Å². The number of hydrogen-bond donors (Lipinski definition) is 0. The van der Waals surface area contributed by atoms with Crippen LogP contribution in [0.1, 0.15) is 50.2 Å². The van der Waals surface area contributed by atoms with Crippen LogP contribution in [0.5, 0.6) is 0 Å². The lowest BCUT2D eigenvalue weighted by Crippen LogP contribution is -2.20. The maximum absolute atomic E-state index is 11.7. The Bertz CT molecular complexity index is 371. The van der Waals surface area contributed by atoms with Gasteiger partial charge in [0.15, 0.2) is 0 Å². The highest BCUT2D eigenvalue weighted by Gasteiger charge is 2.23. The van der Waals surface area contributed by atoms with Gasteiger partial charge in [-0.25, -0.2) is 4.79 Å². The van der Waals surface area contributed by atoms with E-state index in [1.807, 2.05) is 18.4 Å². The van der Waals surface area contributed by atoms with Gasteiger partial charge in [0, 0.05) is 6.04 Å². The Morgan fingerprint density at radius 2 is 2.00 bits per heavy atom. The molecule has 1 atom stereocenters. The Hall–Kier alpha value is -1.39. The Morgan fingerprint density at radius 1 is 1.38 bits per heavy atom. The van der Waals surface area contributed by atoms with Crippen molar-refractivity contribution in [2.24, 2.45) is 5.92 Å². The summed E-state index contributed by atoms with van der Waals surface area (Å²) in [6.45, 7) is 10.2. The molecule has 0 spiro atoms. The largest absolute Gasteiger partial charge is 0.460 e. The second-order valence-electron chi connectivity index (χ2n) is 4.15. The van der Waals surface area contributed by atoms with Crippen LogP contribution in [0, 0.1) is 12.8 Å². The highest BCUT2D eigenvalue weighted by molar-refractivity contribution is 5.85. The fourth-order valence-electron chi connectivity index (χ4n) is 1.49. The highest BCUT2D eigenvalue weighted by atomic mass is 16.5. The molecule has 1 heterocycles. The molecule has 0 bridgehead atoms. The van der Waals surface area contributed by atoms with Gasteiger partial charge in [0.25, 0.3) is 0 Å². The van der Waals surface area contributed by atoms with Crippen molar-refractivity contribution in [1.82, 2.24) is 14.8 Å². The van der Waals surface area contributed by atoms with Gasteiger partial charge in [-0.15, -0.1) is 10.2 Å². The molecule has 0 N–H and O–H groups in total. The normalized spacial score (nSPS) is 12.9. The minimum Gasteiger partial charge on any atom is -0.460 e. The van der Waals surface area contributed by atoms with Crippen molar-refractivity contribution in [2.75, 3.05) is 6.61 Å². The first kappa shape index (κ1) is 12.7. The maximum Gasteiger partial charge on any atom is 0.376 e. The molecule has 5 nitrogen and oxygen atoms in total. The molecule has 0 aliphatic carbocycles. The van der Waals surface area contributed by atoms with E-state index in [9.17, 15) is 4.79 Å². The SMILES string of the molecule is CCOC(=O)c1nnc(C)n1C(C)C(C)C. The Balaban J connectivity index is 3.07. The van der Waals surface area contributed by atoms with E-state index in [0.717, 1.165) is 5.82 Å². The number of nitrogens with zero attached hydrogens (tertiary/aromatic N) is 3. The van der Waals surface area contributed by atoms with Gasteiger partial charge in [0.2, 0.25) is 5.82 Å². The Morgan fingerprint density at radius 3 is 2.50 bits per heavy atom. The summed E-state index contributed by atoms with van der Waals surface area (Å²) in [4.78, 5) is 11.7. The van der Waals surface area contributed by atoms with Crippen LogP contribution in [0.15, 0.2) is 0 Å². The number of esters is 1. The van der Waals surface area contributed by atoms with Gasteiger partial charge in [-0.1, -0.05) is 13.8 Å². The molecule has 1 rings (SSSR count). The summed E-state index contributed by atoms with van der Waals surface area (Å²) in [7, 11) is 0. The Labute approximate surface area is 95.8 Å². The van der Waals surface area contributed by atoms with Gasteiger partial charge in [-0.3, -0.25) is 0 Å². The van der Waals surface area contributed by atoms with Crippen molar-refractivity contribution in [3.8, 4) is 0 Å². The third-order valence-corrected chi connectivity index (χ3v) is 2.70. The molecule has 0 aromatic carbocycles. The van der Waals surface area contributed by atoms with Gasteiger partial charge >= 0.3 is 5.97 Å². The molecule has 0 saturated carbocycles. The zero-order valence-corrected chi connectivity index (χ0v) is 10.5. The minimum atomic E-state index is -0.407. The third-order valence-electron chi connectivity index (χ3n) is 2.70. The molecule has 0 saturated heterocycles.